The van der Waals surface area contributed by atoms with Crippen molar-refractivity contribution < 1.29 is 18.0 Å². The van der Waals surface area contributed by atoms with Crippen molar-refractivity contribution in [1.82, 2.24) is 10.2 Å². The minimum absolute atomic E-state index is 0.00599. The van der Waals surface area contributed by atoms with Gasteiger partial charge in [0.2, 0.25) is 11.8 Å². The molecule has 1 N–H and O–H groups in total. The summed E-state index contributed by atoms with van der Waals surface area (Å²) in [5, 5.41) is 3.87. The van der Waals surface area contributed by atoms with E-state index in [-0.39, 0.29) is 29.8 Å². The lowest BCUT2D eigenvalue weighted by atomic mass is 10.0. The molecule has 7 nitrogen and oxygen atoms in total. The molecule has 1 saturated carbocycles. The Morgan fingerprint density at radius 3 is 2.12 bits per heavy atom. The number of sulfonamides is 1. The van der Waals surface area contributed by atoms with Gasteiger partial charge in [0.1, 0.15) is 12.6 Å². The van der Waals surface area contributed by atoms with Gasteiger partial charge in [0.05, 0.1) is 10.6 Å². The number of benzene rings is 4. The van der Waals surface area contributed by atoms with Crippen LogP contribution in [-0.2, 0) is 39.0 Å². The number of carbonyl (C=O) groups is 2. The molecule has 0 heterocycles. The van der Waals surface area contributed by atoms with Gasteiger partial charge in [-0.2, -0.15) is 0 Å². The third kappa shape index (κ3) is 8.41. The highest BCUT2D eigenvalue weighted by Gasteiger charge is 2.36. The SMILES string of the molecule is CCc1ccccc1N(CC(=O)N(Cc1c(Cl)cccc1Cl)[C@@H](Cc1ccccc1)C(=O)NC1CCCC1)S(=O)(=O)c1ccc(C)cc1. The molecular formula is C38H41Cl2N3O4S. The Kier molecular flexibility index (Phi) is 11.8. The fourth-order valence-electron chi connectivity index (χ4n) is 6.18. The van der Waals surface area contributed by atoms with Crippen LogP contribution in [0.3, 0.4) is 0 Å². The largest absolute Gasteiger partial charge is 0.352 e. The average Bonchev–Trinajstić information content (AvgIpc) is 3.60. The number of rotatable bonds is 13. The van der Waals surface area contributed by atoms with Crippen molar-refractivity contribution in [2.24, 2.45) is 0 Å². The molecule has 1 aliphatic rings. The van der Waals surface area contributed by atoms with Gasteiger partial charge in [-0.15, -0.1) is 0 Å². The lowest BCUT2D eigenvalue weighted by molar-refractivity contribution is -0.140. The first kappa shape index (κ1) is 35.5. The molecule has 0 saturated heterocycles. The van der Waals surface area contributed by atoms with Crippen LogP contribution in [0.5, 0.6) is 0 Å². The summed E-state index contributed by atoms with van der Waals surface area (Å²) in [6.45, 7) is 3.18. The first-order valence-electron chi connectivity index (χ1n) is 16.3. The van der Waals surface area contributed by atoms with Crippen LogP contribution in [0.15, 0.2) is 102 Å². The van der Waals surface area contributed by atoms with Crippen molar-refractivity contribution in [3.05, 3.63) is 129 Å². The summed E-state index contributed by atoms with van der Waals surface area (Å²) < 4.78 is 30.0. The van der Waals surface area contributed by atoms with Gasteiger partial charge >= 0.3 is 0 Å². The van der Waals surface area contributed by atoms with Crippen LogP contribution in [0, 0.1) is 6.92 Å². The van der Waals surface area contributed by atoms with Crippen LogP contribution < -0.4 is 9.62 Å². The van der Waals surface area contributed by atoms with E-state index >= 15 is 0 Å². The van der Waals surface area contributed by atoms with Crippen LogP contribution in [0.1, 0.15) is 54.9 Å². The maximum Gasteiger partial charge on any atom is 0.264 e. The summed E-state index contributed by atoms with van der Waals surface area (Å²) in [5.74, 6) is -0.862. The van der Waals surface area contributed by atoms with Gasteiger partial charge < -0.3 is 10.2 Å². The van der Waals surface area contributed by atoms with Gasteiger partial charge in [-0.3, -0.25) is 13.9 Å². The summed E-state index contributed by atoms with van der Waals surface area (Å²) in [6, 6.07) is 27.3. The number of hydrogen-bond donors (Lipinski definition) is 1. The predicted octanol–water partition coefficient (Wildman–Crippen LogP) is 7.76. The van der Waals surface area contributed by atoms with Gasteiger partial charge in [0.25, 0.3) is 10.0 Å². The van der Waals surface area contributed by atoms with Crippen LogP contribution >= 0.6 is 23.2 Å². The predicted molar refractivity (Wildman–Crippen MR) is 193 cm³/mol. The standard InChI is InChI=1S/C38H41Cl2N3O4S/c1-3-29-14-7-10-19-35(29)43(48(46,47)31-22-20-27(2)21-23-31)26-37(44)42(25-32-33(39)17-11-18-34(32)40)36(24-28-12-5-4-6-13-28)38(45)41-30-15-8-9-16-30/h4-7,10-14,17-23,30,36H,3,8-9,15-16,24-26H2,1-2H3,(H,41,45)/t36-/m0/s1. The van der Waals surface area contributed by atoms with Gasteiger partial charge in [-0.25, -0.2) is 8.42 Å². The second kappa shape index (κ2) is 16.0. The molecule has 10 heteroatoms. The minimum Gasteiger partial charge on any atom is -0.352 e. The van der Waals surface area contributed by atoms with Crippen molar-refractivity contribution in [2.45, 2.75) is 75.9 Å². The molecule has 5 rings (SSSR count). The van der Waals surface area contributed by atoms with Gasteiger partial charge in [-0.05, 0) is 67.6 Å². The monoisotopic (exact) mass is 705 g/mol. The van der Waals surface area contributed by atoms with Gasteiger partial charge in [0, 0.05) is 34.6 Å². The Hall–Kier alpha value is -3.85. The number of para-hydroxylation sites is 1. The average molecular weight is 707 g/mol. The van der Waals surface area contributed by atoms with Crippen molar-refractivity contribution in [3.63, 3.8) is 0 Å². The van der Waals surface area contributed by atoms with Crippen molar-refractivity contribution in [1.29, 1.82) is 0 Å². The lowest BCUT2D eigenvalue weighted by Gasteiger charge is -2.35. The Morgan fingerprint density at radius 2 is 1.48 bits per heavy atom. The number of nitrogens with zero attached hydrogens (tertiary/aromatic N) is 2. The van der Waals surface area contributed by atoms with E-state index in [1.807, 2.05) is 56.3 Å². The van der Waals surface area contributed by atoms with Gasteiger partial charge in [-0.1, -0.05) is 115 Å². The van der Waals surface area contributed by atoms with E-state index in [0.29, 0.717) is 27.7 Å². The molecule has 1 aliphatic carbocycles. The van der Waals surface area contributed by atoms with E-state index in [0.717, 1.165) is 46.7 Å². The molecule has 0 radical (unpaired) electrons. The summed E-state index contributed by atoms with van der Waals surface area (Å²) in [5.41, 5.74) is 3.40. The number of anilines is 1. The quantitative estimate of drug-likeness (QED) is 0.154. The van der Waals surface area contributed by atoms with E-state index in [9.17, 15) is 18.0 Å². The molecule has 1 atom stereocenters. The third-order valence-corrected chi connectivity index (χ3v) is 11.4. The zero-order valence-corrected chi connectivity index (χ0v) is 29.6. The molecular weight excluding hydrogens is 665 g/mol. The van der Waals surface area contributed by atoms with Crippen LogP contribution in [0.4, 0.5) is 5.69 Å². The highest BCUT2D eigenvalue weighted by Crippen LogP contribution is 2.31. The van der Waals surface area contributed by atoms with Crippen LogP contribution in [0.25, 0.3) is 0 Å². The van der Waals surface area contributed by atoms with E-state index in [4.69, 9.17) is 23.2 Å². The highest BCUT2D eigenvalue weighted by atomic mass is 35.5. The van der Waals surface area contributed by atoms with Crippen LogP contribution in [0.2, 0.25) is 10.0 Å². The summed E-state index contributed by atoms with van der Waals surface area (Å²) in [6.07, 6.45) is 4.53. The summed E-state index contributed by atoms with van der Waals surface area (Å²) in [4.78, 5) is 30.5. The number of hydrogen-bond acceptors (Lipinski definition) is 4. The molecule has 4 aromatic carbocycles. The molecule has 0 bridgehead atoms. The normalized spacial score (nSPS) is 14.0. The molecule has 252 valence electrons. The van der Waals surface area contributed by atoms with E-state index in [1.54, 1.807) is 54.6 Å². The van der Waals surface area contributed by atoms with E-state index in [1.165, 1.54) is 4.90 Å². The van der Waals surface area contributed by atoms with Crippen molar-refractivity contribution >= 4 is 50.7 Å². The Labute approximate surface area is 293 Å². The maximum atomic E-state index is 14.8. The number of aryl methyl sites for hydroxylation is 2. The maximum absolute atomic E-state index is 14.8. The first-order chi connectivity index (χ1) is 23.1. The van der Waals surface area contributed by atoms with Crippen LogP contribution in [-0.4, -0.2) is 43.8 Å². The molecule has 0 aliphatic heterocycles. The molecule has 1 fully saturated rings. The number of nitrogens with one attached hydrogen (secondary N) is 1. The first-order valence-corrected chi connectivity index (χ1v) is 18.5. The molecule has 0 aromatic heterocycles. The minimum atomic E-state index is -4.21. The third-order valence-electron chi connectivity index (χ3n) is 8.89. The lowest BCUT2D eigenvalue weighted by Crippen LogP contribution is -2.54. The van der Waals surface area contributed by atoms with Crippen molar-refractivity contribution in [2.75, 3.05) is 10.8 Å². The van der Waals surface area contributed by atoms with E-state index in [2.05, 4.69) is 5.32 Å². The Balaban J connectivity index is 1.61. The number of amides is 2. The zero-order chi connectivity index (χ0) is 34.3. The molecule has 48 heavy (non-hydrogen) atoms. The molecule has 4 aromatic rings. The second-order valence-corrected chi connectivity index (χ2v) is 14.9. The Morgan fingerprint density at radius 1 is 0.854 bits per heavy atom. The molecule has 0 unspecified atom stereocenters. The zero-order valence-electron chi connectivity index (χ0n) is 27.2. The number of carbonyl (C=O) groups excluding carboxylic acids is 2. The molecule has 2 amide bonds. The van der Waals surface area contributed by atoms with E-state index < -0.39 is 28.5 Å². The molecule has 0 spiro atoms. The van der Waals surface area contributed by atoms with Crippen molar-refractivity contribution in [3.8, 4) is 0 Å². The highest BCUT2D eigenvalue weighted by molar-refractivity contribution is 7.92. The second-order valence-electron chi connectivity index (χ2n) is 12.2. The fourth-order valence-corrected chi connectivity index (χ4v) is 8.15. The smallest absolute Gasteiger partial charge is 0.264 e. The summed E-state index contributed by atoms with van der Waals surface area (Å²) in [7, 11) is -4.21. The summed E-state index contributed by atoms with van der Waals surface area (Å²) >= 11 is 13.3. The number of halogens is 2. The van der Waals surface area contributed by atoms with Gasteiger partial charge in [0.15, 0.2) is 0 Å². The Bertz CT molecular complexity index is 1810. The topological polar surface area (TPSA) is 86.8 Å². The fraction of sp³-hybridized carbons (Fsp3) is 0.316.